The monoisotopic (exact) mass is 352 g/mol. The molecular formula is C20H17ClN2O2. The summed E-state index contributed by atoms with van der Waals surface area (Å²) in [5, 5.41) is 6.69. The van der Waals surface area contributed by atoms with Crippen LogP contribution in [0.2, 0.25) is 5.02 Å². The molecule has 0 heterocycles. The molecule has 1 N–H and O–H groups in total. The molecule has 25 heavy (non-hydrogen) atoms. The standard InChI is InChI=1S/C20H17ClN2O2/c1-2-25-19-10-9-18(21)12-17(19)13-22-23-20(24)16-8-7-14-5-3-4-6-15(14)11-16/h3-13H,2H2,1H3,(H,23,24)/b22-13-. The van der Waals surface area contributed by atoms with Gasteiger partial charge in [-0.3, -0.25) is 4.79 Å². The maximum Gasteiger partial charge on any atom is 0.271 e. The summed E-state index contributed by atoms with van der Waals surface area (Å²) in [5.74, 6) is 0.387. The van der Waals surface area contributed by atoms with E-state index in [1.807, 2.05) is 43.3 Å². The number of hydrazone groups is 1. The lowest BCUT2D eigenvalue weighted by atomic mass is 10.1. The molecule has 0 saturated carbocycles. The van der Waals surface area contributed by atoms with E-state index < -0.39 is 0 Å². The van der Waals surface area contributed by atoms with Crippen molar-refractivity contribution in [3.05, 3.63) is 76.8 Å². The van der Waals surface area contributed by atoms with Crippen LogP contribution in [0.1, 0.15) is 22.8 Å². The molecule has 0 aromatic heterocycles. The molecule has 126 valence electrons. The number of carbonyl (C=O) groups is 1. The highest BCUT2D eigenvalue weighted by Crippen LogP contribution is 2.21. The maximum atomic E-state index is 12.3. The van der Waals surface area contributed by atoms with Crippen molar-refractivity contribution in [2.75, 3.05) is 6.61 Å². The fraction of sp³-hybridized carbons (Fsp3) is 0.100. The summed E-state index contributed by atoms with van der Waals surface area (Å²) in [4.78, 5) is 12.3. The maximum absolute atomic E-state index is 12.3. The van der Waals surface area contributed by atoms with Crippen molar-refractivity contribution in [2.45, 2.75) is 6.92 Å². The Labute approximate surface area is 151 Å². The van der Waals surface area contributed by atoms with Crippen molar-refractivity contribution in [3.8, 4) is 5.75 Å². The molecule has 1 amide bonds. The first-order valence-electron chi connectivity index (χ1n) is 7.92. The third kappa shape index (κ3) is 4.17. The molecular weight excluding hydrogens is 336 g/mol. The summed E-state index contributed by atoms with van der Waals surface area (Å²) < 4.78 is 5.52. The van der Waals surface area contributed by atoms with E-state index in [-0.39, 0.29) is 5.91 Å². The third-order valence-corrected chi connectivity index (χ3v) is 3.89. The molecule has 0 saturated heterocycles. The Morgan fingerprint density at radius 2 is 1.92 bits per heavy atom. The Kier molecular flexibility index (Phi) is 5.31. The van der Waals surface area contributed by atoms with Crippen molar-refractivity contribution < 1.29 is 9.53 Å². The van der Waals surface area contributed by atoms with E-state index >= 15 is 0 Å². The number of hydrogen-bond donors (Lipinski definition) is 1. The van der Waals surface area contributed by atoms with E-state index in [9.17, 15) is 4.79 Å². The van der Waals surface area contributed by atoms with Crippen LogP contribution in [0.5, 0.6) is 5.75 Å². The normalized spacial score (nSPS) is 11.0. The predicted octanol–water partition coefficient (Wildman–Crippen LogP) is 4.66. The Balaban J connectivity index is 1.75. The smallest absolute Gasteiger partial charge is 0.271 e. The van der Waals surface area contributed by atoms with E-state index in [0.29, 0.717) is 28.5 Å². The number of benzene rings is 3. The van der Waals surface area contributed by atoms with Crippen LogP contribution >= 0.6 is 11.6 Å². The fourth-order valence-corrected chi connectivity index (χ4v) is 2.64. The van der Waals surface area contributed by atoms with Crippen LogP contribution in [0.3, 0.4) is 0 Å². The van der Waals surface area contributed by atoms with Crippen molar-refractivity contribution in [2.24, 2.45) is 5.10 Å². The second-order valence-electron chi connectivity index (χ2n) is 5.38. The van der Waals surface area contributed by atoms with Crippen LogP contribution in [0.4, 0.5) is 0 Å². The van der Waals surface area contributed by atoms with Crippen LogP contribution < -0.4 is 10.2 Å². The van der Waals surface area contributed by atoms with E-state index in [1.54, 1.807) is 24.3 Å². The molecule has 4 nitrogen and oxygen atoms in total. The van der Waals surface area contributed by atoms with Gasteiger partial charge in [0.15, 0.2) is 0 Å². The number of fused-ring (bicyclic) bond motifs is 1. The molecule has 0 unspecified atom stereocenters. The van der Waals surface area contributed by atoms with Crippen molar-refractivity contribution in [1.82, 2.24) is 5.43 Å². The number of amides is 1. The summed E-state index contributed by atoms with van der Waals surface area (Å²) in [6.07, 6.45) is 1.52. The van der Waals surface area contributed by atoms with E-state index in [0.717, 1.165) is 10.8 Å². The van der Waals surface area contributed by atoms with Crippen molar-refractivity contribution in [1.29, 1.82) is 0 Å². The molecule has 0 atom stereocenters. The van der Waals surface area contributed by atoms with Gasteiger partial charge in [0, 0.05) is 16.1 Å². The van der Waals surface area contributed by atoms with E-state index in [4.69, 9.17) is 16.3 Å². The lowest BCUT2D eigenvalue weighted by Crippen LogP contribution is -2.17. The molecule has 0 radical (unpaired) electrons. The highest BCUT2D eigenvalue weighted by Gasteiger charge is 2.06. The predicted molar refractivity (Wildman–Crippen MR) is 102 cm³/mol. The molecule has 0 aliphatic heterocycles. The van der Waals surface area contributed by atoms with Crippen LogP contribution in [-0.2, 0) is 0 Å². The van der Waals surface area contributed by atoms with Gasteiger partial charge in [-0.2, -0.15) is 5.10 Å². The van der Waals surface area contributed by atoms with Crippen molar-refractivity contribution in [3.63, 3.8) is 0 Å². The van der Waals surface area contributed by atoms with Crippen LogP contribution in [-0.4, -0.2) is 18.7 Å². The zero-order chi connectivity index (χ0) is 17.6. The number of ether oxygens (including phenoxy) is 1. The number of nitrogens with zero attached hydrogens (tertiary/aromatic N) is 1. The lowest BCUT2D eigenvalue weighted by molar-refractivity contribution is 0.0955. The molecule has 0 aliphatic rings. The minimum Gasteiger partial charge on any atom is -0.493 e. The highest BCUT2D eigenvalue weighted by molar-refractivity contribution is 6.30. The quantitative estimate of drug-likeness (QED) is 0.536. The molecule has 5 heteroatoms. The Morgan fingerprint density at radius 1 is 1.12 bits per heavy atom. The van der Waals surface area contributed by atoms with E-state index in [2.05, 4.69) is 10.5 Å². The number of halogens is 1. The van der Waals surface area contributed by atoms with Crippen LogP contribution in [0, 0.1) is 0 Å². The van der Waals surface area contributed by atoms with Crippen LogP contribution in [0.15, 0.2) is 65.8 Å². The first-order valence-corrected chi connectivity index (χ1v) is 8.29. The van der Waals surface area contributed by atoms with Gasteiger partial charge < -0.3 is 4.74 Å². The molecule has 0 spiro atoms. The molecule has 3 aromatic rings. The van der Waals surface area contributed by atoms with Gasteiger partial charge in [0.1, 0.15) is 5.75 Å². The topological polar surface area (TPSA) is 50.7 Å². The van der Waals surface area contributed by atoms with Gasteiger partial charge in [0.2, 0.25) is 0 Å². The average Bonchev–Trinajstić information content (AvgIpc) is 2.63. The van der Waals surface area contributed by atoms with Gasteiger partial charge in [0.25, 0.3) is 5.91 Å². The fourth-order valence-electron chi connectivity index (χ4n) is 2.46. The summed E-state index contributed by atoms with van der Waals surface area (Å²) in [6.45, 7) is 2.43. The SMILES string of the molecule is CCOc1ccc(Cl)cc1/C=N\NC(=O)c1ccc2ccccc2c1. The van der Waals surface area contributed by atoms with Gasteiger partial charge in [-0.05, 0) is 48.0 Å². The Bertz CT molecular complexity index is 938. The third-order valence-electron chi connectivity index (χ3n) is 3.65. The largest absolute Gasteiger partial charge is 0.493 e. The average molecular weight is 353 g/mol. The summed E-state index contributed by atoms with van der Waals surface area (Å²) in [6, 6.07) is 18.7. The number of rotatable bonds is 5. The molecule has 0 fully saturated rings. The Hall–Kier alpha value is -2.85. The number of carbonyl (C=O) groups excluding carboxylic acids is 1. The van der Waals surface area contributed by atoms with Gasteiger partial charge in [-0.15, -0.1) is 0 Å². The Morgan fingerprint density at radius 3 is 2.72 bits per heavy atom. The van der Waals surface area contributed by atoms with Crippen LogP contribution in [0.25, 0.3) is 10.8 Å². The highest BCUT2D eigenvalue weighted by atomic mass is 35.5. The van der Waals surface area contributed by atoms with Gasteiger partial charge >= 0.3 is 0 Å². The van der Waals surface area contributed by atoms with Gasteiger partial charge in [-0.25, -0.2) is 5.43 Å². The van der Waals surface area contributed by atoms with Gasteiger partial charge in [-0.1, -0.05) is 41.9 Å². The minimum atomic E-state index is -0.276. The summed E-state index contributed by atoms with van der Waals surface area (Å²) >= 11 is 6.01. The molecule has 0 aliphatic carbocycles. The minimum absolute atomic E-state index is 0.276. The zero-order valence-electron chi connectivity index (χ0n) is 13.7. The molecule has 3 aromatic carbocycles. The first kappa shape index (κ1) is 17.0. The second kappa shape index (κ2) is 7.81. The lowest BCUT2D eigenvalue weighted by Gasteiger charge is -2.07. The molecule has 0 bridgehead atoms. The van der Waals surface area contributed by atoms with Crippen molar-refractivity contribution >= 4 is 34.5 Å². The van der Waals surface area contributed by atoms with E-state index in [1.165, 1.54) is 6.21 Å². The zero-order valence-corrected chi connectivity index (χ0v) is 14.5. The first-order chi connectivity index (χ1) is 12.2. The second-order valence-corrected chi connectivity index (χ2v) is 5.81. The number of nitrogens with one attached hydrogen (secondary N) is 1. The van der Waals surface area contributed by atoms with Gasteiger partial charge in [0.05, 0.1) is 12.8 Å². The number of hydrogen-bond acceptors (Lipinski definition) is 3. The summed E-state index contributed by atoms with van der Waals surface area (Å²) in [5.41, 5.74) is 3.78. The summed E-state index contributed by atoms with van der Waals surface area (Å²) in [7, 11) is 0. The molecule has 3 rings (SSSR count).